The highest BCUT2D eigenvalue weighted by atomic mass is 79.9. The van der Waals surface area contributed by atoms with Gasteiger partial charge in [0.25, 0.3) is 0 Å². The Kier molecular flexibility index (Phi) is 7.22. The van der Waals surface area contributed by atoms with Crippen LogP contribution in [-0.4, -0.2) is 22.9 Å². The van der Waals surface area contributed by atoms with Crippen molar-refractivity contribution in [2.75, 3.05) is 6.61 Å². The molecule has 0 aliphatic heterocycles. The second-order valence-electron chi connectivity index (χ2n) is 9.26. The number of hydrogen-bond acceptors (Lipinski definition) is 2. The third-order valence-corrected chi connectivity index (χ3v) is 8.25. The molecule has 0 radical (unpaired) electrons. The number of aliphatic hydroxyl groups excluding tert-OH is 2. The van der Waals surface area contributed by atoms with Crippen LogP contribution in [0.2, 0.25) is 0 Å². The van der Waals surface area contributed by atoms with E-state index in [1.54, 1.807) is 5.57 Å². The van der Waals surface area contributed by atoms with Gasteiger partial charge in [0.2, 0.25) is 0 Å². The molecule has 2 nitrogen and oxygen atoms in total. The van der Waals surface area contributed by atoms with Crippen LogP contribution in [0.25, 0.3) is 0 Å². The Morgan fingerprint density at radius 2 is 2.04 bits per heavy atom. The van der Waals surface area contributed by atoms with Gasteiger partial charge in [-0.15, -0.1) is 0 Å². The zero-order valence-corrected chi connectivity index (χ0v) is 18.9. The van der Waals surface area contributed by atoms with E-state index in [4.69, 9.17) is 0 Å². The third-order valence-electron chi connectivity index (χ3n) is 7.66. The molecule has 3 heteroatoms. The fourth-order valence-electron chi connectivity index (χ4n) is 6.32. The number of benzene rings is 1. The second-order valence-corrected chi connectivity index (χ2v) is 9.72. The average Bonchev–Trinajstić information content (AvgIpc) is 3.05. The third kappa shape index (κ3) is 4.17. The molecule has 2 fully saturated rings. The largest absolute Gasteiger partial charge is 0.392 e. The molecule has 2 N–H and O–H groups in total. The fraction of sp³-hybridized carbons (Fsp3) is 0.600. The molecule has 1 aromatic rings. The van der Waals surface area contributed by atoms with Crippen molar-refractivity contribution in [1.29, 1.82) is 0 Å². The van der Waals surface area contributed by atoms with E-state index in [1.807, 2.05) is 30.3 Å². The van der Waals surface area contributed by atoms with Gasteiger partial charge in [-0.1, -0.05) is 72.3 Å². The van der Waals surface area contributed by atoms with Crippen LogP contribution in [0.15, 0.2) is 53.0 Å². The van der Waals surface area contributed by atoms with Gasteiger partial charge in [0.1, 0.15) is 0 Å². The molecule has 2 aliphatic rings. The van der Waals surface area contributed by atoms with Crippen molar-refractivity contribution in [2.45, 2.75) is 64.4 Å². The number of aliphatic hydroxyl groups is 2. The van der Waals surface area contributed by atoms with Gasteiger partial charge in [0.05, 0.1) is 12.7 Å². The van der Waals surface area contributed by atoms with E-state index < -0.39 is 6.10 Å². The van der Waals surface area contributed by atoms with Crippen molar-refractivity contribution in [2.24, 2.45) is 23.2 Å². The molecule has 0 unspecified atom stereocenters. The van der Waals surface area contributed by atoms with E-state index in [1.165, 1.54) is 32.1 Å². The minimum absolute atomic E-state index is 0.0897. The lowest BCUT2D eigenvalue weighted by Gasteiger charge is -2.44. The highest BCUT2D eigenvalue weighted by molar-refractivity contribution is 9.11. The standard InChI is InChI=1S/C25H35BrO2/c1-17(21-11-12-22-20(15-26)10-7-13-25(21,22)3)14-23(28)24(18(2)16-27)19-8-5-4-6-9-19/h4-6,8-9,15,17,21-24,27-28H,2,7,10-14,16H2,1,3H3/b20-15+/t17-,21-,22+,23+,24-,25-/m1/s1. The lowest BCUT2D eigenvalue weighted by Crippen LogP contribution is -2.37. The Morgan fingerprint density at radius 1 is 1.32 bits per heavy atom. The molecule has 0 heterocycles. The van der Waals surface area contributed by atoms with Gasteiger partial charge in [-0.05, 0) is 77.8 Å². The second kappa shape index (κ2) is 9.28. The maximum absolute atomic E-state index is 11.2. The van der Waals surface area contributed by atoms with E-state index in [9.17, 15) is 10.2 Å². The van der Waals surface area contributed by atoms with E-state index in [0.717, 1.165) is 12.0 Å². The van der Waals surface area contributed by atoms with Crippen LogP contribution in [0.5, 0.6) is 0 Å². The van der Waals surface area contributed by atoms with Gasteiger partial charge in [0.15, 0.2) is 0 Å². The van der Waals surface area contributed by atoms with Crippen molar-refractivity contribution in [1.82, 2.24) is 0 Å². The van der Waals surface area contributed by atoms with Crippen molar-refractivity contribution < 1.29 is 10.2 Å². The summed E-state index contributed by atoms with van der Waals surface area (Å²) in [6.45, 7) is 8.76. The first kappa shape index (κ1) is 21.8. The summed E-state index contributed by atoms with van der Waals surface area (Å²) in [5.74, 6) is 1.55. The summed E-state index contributed by atoms with van der Waals surface area (Å²) in [5, 5.41) is 20.9. The van der Waals surface area contributed by atoms with Crippen LogP contribution in [-0.2, 0) is 0 Å². The minimum atomic E-state index is -0.519. The van der Waals surface area contributed by atoms with Crippen LogP contribution >= 0.6 is 15.9 Å². The summed E-state index contributed by atoms with van der Waals surface area (Å²) < 4.78 is 0. The van der Waals surface area contributed by atoms with Crippen molar-refractivity contribution in [3.8, 4) is 0 Å². The molecule has 3 rings (SSSR count). The lowest BCUT2D eigenvalue weighted by atomic mass is 9.61. The van der Waals surface area contributed by atoms with Crippen molar-refractivity contribution in [3.63, 3.8) is 0 Å². The number of fused-ring (bicyclic) bond motifs is 1. The predicted molar refractivity (Wildman–Crippen MR) is 120 cm³/mol. The lowest BCUT2D eigenvalue weighted by molar-refractivity contribution is 0.0572. The normalized spacial score (nSPS) is 32.0. The Balaban J connectivity index is 1.76. The summed E-state index contributed by atoms with van der Waals surface area (Å²) in [4.78, 5) is 2.17. The maximum atomic E-state index is 11.2. The van der Waals surface area contributed by atoms with Crippen LogP contribution in [0.1, 0.15) is 63.9 Å². The van der Waals surface area contributed by atoms with Crippen LogP contribution in [0, 0.1) is 23.2 Å². The quantitative estimate of drug-likeness (QED) is 0.489. The van der Waals surface area contributed by atoms with Gasteiger partial charge in [0, 0.05) is 5.92 Å². The summed E-state index contributed by atoms with van der Waals surface area (Å²) in [7, 11) is 0. The first-order chi connectivity index (χ1) is 13.4. The smallest absolute Gasteiger partial charge is 0.0649 e. The number of allylic oxidation sites excluding steroid dienone is 1. The average molecular weight is 447 g/mol. The Morgan fingerprint density at radius 3 is 2.68 bits per heavy atom. The molecule has 1 aromatic carbocycles. The highest BCUT2D eigenvalue weighted by Crippen LogP contribution is 2.60. The molecular weight excluding hydrogens is 412 g/mol. The summed E-state index contributed by atoms with van der Waals surface area (Å²) in [6, 6.07) is 10.0. The molecule has 2 aliphatic carbocycles. The predicted octanol–water partition coefficient (Wildman–Crippen LogP) is 6.20. The number of rotatable bonds is 7. The van der Waals surface area contributed by atoms with Gasteiger partial charge < -0.3 is 10.2 Å². The van der Waals surface area contributed by atoms with Gasteiger partial charge >= 0.3 is 0 Å². The van der Waals surface area contributed by atoms with Gasteiger partial charge in [-0.3, -0.25) is 0 Å². The number of hydrogen-bond donors (Lipinski definition) is 2. The molecule has 154 valence electrons. The monoisotopic (exact) mass is 446 g/mol. The van der Waals surface area contributed by atoms with E-state index >= 15 is 0 Å². The Labute approximate surface area is 178 Å². The number of halogens is 1. The highest BCUT2D eigenvalue weighted by Gasteiger charge is 2.50. The Hall–Kier alpha value is -0.900. The van der Waals surface area contributed by atoms with Crippen LogP contribution in [0.4, 0.5) is 0 Å². The summed E-state index contributed by atoms with van der Waals surface area (Å²) in [6.07, 6.45) is 6.53. The van der Waals surface area contributed by atoms with Gasteiger partial charge in [-0.2, -0.15) is 0 Å². The molecule has 0 amide bonds. The van der Waals surface area contributed by atoms with Crippen LogP contribution < -0.4 is 0 Å². The SMILES string of the molecule is C=C(CO)[C@H](c1ccccc1)[C@@H](O)C[C@@H](C)[C@H]1CC[C@H]2/C(=C/Br)CCC[C@]12C. The molecule has 0 spiro atoms. The summed E-state index contributed by atoms with van der Waals surface area (Å²) in [5.41, 5.74) is 3.66. The molecule has 28 heavy (non-hydrogen) atoms. The fourth-order valence-corrected chi connectivity index (χ4v) is 6.86. The molecular formula is C25H35BrO2. The topological polar surface area (TPSA) is 40.5 Å². The van der Waals surface area contributed by atoms with Crippen LogP contribution in [0.3, 0.4) is 0 Å². The van der Waals surface area contributed by atoms with Crippen molar-refractivity contribution >= 4 is 15.9 Å². The Bertz CT molecular complexity index is 698. The zero-order valence-electron chi connectivity index (χ0n) is 17.3. The summed E-state index contributed by atoms with van der Waals surface area (Å²) >= 11 is 3.60. The molecule has 2 saturated carbocycles. The molecule has 6 atom stereocenters. The first-order valence-electron chi connectivity index (χ1n) is 10.7. The maximum Gasteiger partial charge on any atom is 0.0649 e. The van der Waals surface area contributed by atoms with Gasteiger partial charge in [-0.25, -0.2) is 0 Å². The minimum Gasteiger partial charge on any atom is -0.392 e. The van der Waals surface area contributed by atoms with E-state index in [2.05, 4.69) is 41.3 Å². The van der Waals surface area contributed by atoms with E-state index in [0.29, 0.717) is 28.7 Å². The molecule has 0 aromatic heterocycles. The molecule has 0 bridgehead atoms. The van der Waals surface area contributed by atoms with E-state index in [-0.39, 0.29) is 12.5 Å². The zero-order chi connectivity index (χ0) is 20.3. The first-order valence-corrected chi connectivity index (χ1v) is 11.6. The molecule has 0 saturated heterocycles. The van der Waals surface area contributed by atoms with Crippen molar-refractivity contribution in [3.05, 3.63) is 58.6 Å².